The van der Waals surface area contributed by atoms with E-state index >= 15 is 0 Å². The van der Waals surface area contributed by atoms with E-state index in [0.29, 0.717) is 6.42 Å². The molecule has 1 aliphatic heterocycles. The average Bonchev–Trinajstić information content (AvgIpc) is 3.19. The van der Waals surface area contributed by atoms with Gasteiger partial charge in [-0.3, -0.25) is 4.79 Å². The van der Waals surface area contributed by atoms with Gasteiger partial charge in [-0.05, 0) is 27.2 Å². The van der Waals surface area contributed by atoms with Crippen molar-refractivity contribution < 1.29 is 29.0 Å². The van der Waals surface area contributed by atoms with Crippen LogP contribution >= 0.6 is 0 Å². The lowest BCUT2D eigenvalue weighted by Gasteiger charge is -2.28. The molecule has 1 heterocycles. The monoisotopic (exact) mass is 476 g/mol. The minimum atomic E-state index is -0.837. The van der Waals surface area contributed by atoms with Crippen molar-refractivity contribution in [3.8, 4) is 0 Å². The molecule has 8 nitrogen and oxygen atoms in total. The fraction of sp³-hybridized carbons (Fsp3) is 0.880. The molecule has 2 N–H and O–H groups in total. The summed E-state index contributed by atoms with van der Waals surface area (Å²) in [7, 11) is 1.25. The Hall–Kier alpha value is -1.83. The first-order chi connectivity index (χ1) is 15.6. The standard InChI is InChI=1S/C19H34N2O6.3C2H6/c1-6-7-8-9-10-14(20-18(25)27-19(2,3)4)16(23)21-12-13(22)11-15(21)17(24)26-5;3*1-2/h13-15,22H,6-12H2,1-5H3,(H,20,25);3*1-2H3/t13?,14-,15?;;;/m0.../s1. The van der Waals surface area contributed by atoms with Crippen LogP contribution in [-0.4, -0.2) is 65.4 Å². The molecule has 33 heavy (non-hydrogen) atoms. The molecule has 1 aliphatic rings. The molecule has 0 aromatic rings. The van der Waals surface area contributed by atoms with Crippen LogP contribution in [0, 0.1) is 0 Å². The third-order valence-electron chi connectivity index (χ3n) is 4.37. The number of alkyl carbamates (subject to hydrolysis) is 1. The van der Waals surface area contributed by atoms with Gasteiger partial charge in [-0.2, -0.15) is 0 Å². The number of nitrogens with zero attached hydrogens (tertiary/aromatic N) is 1. The van der Waals surface area contributed by atoms with Crippen molar-refractivity contribution in [2.75, 3.05) is 13.7 Å². The van der Waals surface area contributed by atoms with Crippen LogP contribution in [0.3, 0.4) is 0 Å². The molecule has 2 unspecified atom stereocenters. The van der Waals surface area contributed by atoms with Crippen molar-refractivity contribution in [1.82, 2.24) is 10.2 Å². The van der Waals surface area contributed by atoms with E-state index in [9.17, 15) is 19.5 Å². The Labute approximate surface area is 202 Å². The quantitative estimate of drug-likeness (QED) is 0.374. The summed E-state index contributed by atoms with van der Waals surface area (Å²) >= 11 is 0. The van der Waals surface area contributed by atoms with Crippen molar-refractivity contribution in [1.29, 1.82) is 0 Å². The number of carbonyl (C=O) groups excluding carboxylic acids is 3. The van der Waals surface area contributed by atoms with Crippen LogP contribution in [0.1, 0.15) is 108 Å². The number of methoxy groups -OCH3 is 1. The van der Waals surface area contributed by atoms with Crippen LogP contribution in [0.25, 0.3) is 0 Å². The Bertz CT molecular complexity index is 520. The molecule has 0 saturated carbocycles. The molecular formula is C25H52N2O6. The second-order valence-corrected chi connectivity index (χ2v) is 7.97. The first kappa shape index (κ1) is 35.8. The van der Waals surface area contributed by atoms with Gasteiger partial charge in [0.05, 0.1) is 13.2 Å². The molecule has 1 rings (SSSR count). The van der Waals surface area contributed by atoms with Gasteiger partial charge < -0.3 is 24.8 Å². The van der Waals surface area contributed by atoms with Gasteiger partial charge >= 0.3 is 12.1 Å². The number of hydrogen-bond acceptors (Lipinski definition) is 6. The molecule has 0 radical (unpaired) electrons. The number of likely N-dealkylation sites (tertiary alicyclic amines) is 1. The van der Waals surface area contributed by atoms with E-state index in [1.807, 2.05) is 41.5 Å². The molecule has 0 bridgehead atoms. The zero-order valence-corrected chi connectivity index (χ0v) is 23.1. The Kier molecular flexibility index (Phi) is 22.5. The van der Waals surface area contributed by atoms with Gasteiger partial charge in [-0.25, -0.2) is 9.59 Å². The lowest BCUT2D eigenvalue weighted by molar-refractivity contribution is -0.151. The molecule has 0 aliphatic carbocycles. The molecule has 0 aromatic heterocycles. The number of β-amino-alcohol motifs (C(OH)–C–C–N with tert-alkyl or cyclic N) is 1. The highest BCUT2D eigenvalue weighted by Crippen LogP contribution is 2.22. The SMILES string of the molecule is CC.CC.CC.CCCCCC[C@H](NC(=O)OC(C)(C)C)C(=O)N1CC(O)CC1C(=O)OC. The number of aliphatic hydroxyl groups is 1. The second kappa shape index (κ2) is 20.8. The minimum absolute atomic E-state index is 0.0417. The fourth-order valence-electron chi connectivity index (χ4n) is 3.10. The number of nitrogens with one attached hydrogen (secondary N) is 1. The maximum Gasteiger partial charge on any atom is 0.408 e. The maximum atomic E-state index is 13.0. The number of ether oxygens (including phenoxy) is 2. The highest BCUT2D eigenvalue weighted by atomic mass is 16.6. The molecule has 2 amide bonds. The van der Waals surface area contributed by atoms with Crippen LogP contribution in [0.2, 0.25) is 0 Å². The van der Waals surface area contributed by atoms with E-state index in [-0.39, 0.29) is 13.0 Å². The molecule has 1 saturated heterocycles. The highest BCUT2D eigenvalue weighted by Gasteiger charge is 2.42. The molecule has 8 heteroatoms. The summed E-state index contributed by atoms with van der Waals surface area (Å²) in [5.41, 5.74) is -0.682. The number of unbranched alkanes of at least 4 members (excludes halogenated alkanes) is 3. The summed E-state index contributed by atoms with van der Waals surface area (Å²) < 4.78 is 10.0. The summed E-state index contributed by atoms with van der Waals surface area (Å²) in [6.07, 6.45) is 2.91. The van der Waals surface area contributed by atoms with Gasteiger partial charge in [0.2, 0.25) is 5.91 Å². The van der Waals surface area contributed by atoms with Crippen LogP contribution in [0.5, 0.6) is 0 Å². The largest absolute Gasteiger partial charge is 0.467 e. The van der Waals surface area contributed by atoms with Crippen LogP contribution < -0.4 is 5.32 Å². The normalized spacial score (nSPS) is 17.6. The van der Waals surface area contributed by atoms with E-state index in [4.69, 9.17) is 9.47 Å². The maximum absolute atomic E-state index is 13.0. The van der Waals surface area contributed by atoms with E-state index in [1.165, 1.54) is 12.0 Å². The summed E-state index contributed by atoms with van der Waals surface area (Å²) in [5.74, 6) is -0.966. The Morgan fingerprint density at radius 1 is 1.03 bits per heavy atom. The predicted molar refractivity (Wildman–Crippen MR) is 134 cm³/mol. The lowest BCUT2D eigenvalue weighted by Crippen LogP contribution is -2.52. The van der Waals surface area contributed by atoms with Crippen LogP contribution in [-0.2, 0) is 19.1 Å². The van der Waals surface area contributed by atoms with Crippen molar-refractivity contribution in [3.63, 3.8) is 0 Å². The molecule has 0 spiro atoms. The number of amides is 2. The van der Waals surface area contributed by atoms with Crippen molar-refractivity contribution in [3.05, 3.63) is 0 Å². The lowest BCUT2D eigenvalue weighted by atomic mass is 10.1. The van der Waals surface area contributed by atoms with Crippen molar-refractivity contribution >= 4 is 18.0 Å². The Morgan fingerprint density at radius 3 is 2.03 bits per heavy atom. The average molecular weight is 477 g/mol. The van der Waals surface area contributed by atoms with E-state index in [0.717, 1.165) is 25.7 Å². The van der Waals surface area contributed by atoms with Crippen LogP contribution in [0.4, 0.5) is 4.79 Å². The number of aliphatic hydroxyl groups excluding tert-OH is 1. The number of esters is 1. The smallest absolute Gasteiger partial charge is 0.408 e. The summed E-state index contributed by atoms with van der Waals surface area (Å²) in [4.78, 5) is 38.5. The third kappa shape index (κ3) is 15.6. The molecular weight excluding hydrogens is 424 g/mol. The van der Waals surface area contributed by atoms with Gasteiger partial charge in [0.1, 0.15) is 17.7 Å². The number of hydrogen-bond donors (Lipinski definition) is 2. The van der Waals surface area contributed by atoms with E-state index in [1.54, 1.807) is 20.8 Å². The van der Waals surface area contributed by atoms with Crippen LogP contribution in [0.15, 0.2) is 0 Å². The van der Waals surface area contributed by atoms with Gasteiger partial charge in [0.15, 0.2) is 0 Å². The minimum Gasteiger partial charge on any atom is -0.467 e. The van der Waals surface area contributed by atoms with Gasteiger partial charge in [0, 0.05) is 13.0 Å². The number of rotatable bonds is 8. The zero-order chi connectivity index (χ0) is 26.6. The Morgan fingerprint density at radius 2 is 1.58 bits per heavy atom. The highest BCUT2D eigenvalue weighted by molar-refractivity contribution is 5.90. The third-order valence-corrected chi connectivity index (χ3v) is 4.37. The first-order valence-electron chi connectivity index (χ1n) is 12.6. The summed E-state index contributed by atoms with van der Waals surface area (Å²) in [6, 6.07) is -1.65. The Balaban J connectivity index is -0.00000138. The number of carbonyl (C=O) groups is 3. The van der Waals surface area contributed by atoms with E-state index in [2.05, 4.69) is 12.2 Å². The summed E-state index contributed by atoms with van der Waals surface area (Å²) in [6.45, 7) is 19.4. The van der Waals surface area contributed by atoms with Gasteiger partial charge in [-0.1, -0.05) is 74.1 Å². The predicted octanol–water partition coefficient (Wildman–Crippen LogP) is 5.06. The molecule has 1 fully saturated rings. The van der Waals surface area contributed by atoms with Gasteiger partial charge in [-0.15, -0.1) is 0 Å². The molecule has 3 atom stereocenters. The molecule has 198 valence electrons. The topological polar surface area (TPSA) is 105 Å². The summed E-state index contributed by atoms with van der Waals surface area (Å²) in [5, 5.41) is 12.5. The van der Waals surface area contributed by atoms with E-state index < -0.39 is 41.8 Å². The fourth-order valence-corrected chi connectivity index (χ4v) is 3.10. The van der Waals surface area contributed by atoms with Crippen molar-refractivity contribution in [2.45, 2.75) is 132 Å². The first-order valence-corrected chi connectivity index (χ1v) is 12.6. The van der Waals surface area contributed by atoms with Gasteiger partial charge in [0.25, 0.3) is 0 Å². The van der Waals surface area contributed by atoms with Crippen molar-refractivity contribution in [2.24, 2.45) is 0 Å². The molecule has 0 aromatic carbocycles. The zero-order valence-electron chi connectivity index (χ0n) is 23.1. The second-order valence-electron chi connectivity index (χ2n) is 7.97.